The summed E-state index contributed by atoms with van der Waals surface area (Å²) in [4.78, 5) is 15.4. The van der Waals surface area contributed by atoms with E-state index in [1.165, 1.54) is 19.2 Å². The minimum atomic E-state index is -0.252. The Balaban J connectivity index is 1.74. The van der Waals surface area contributed by atoms with Crippen LogP contribution in [0.15, 0.2) is 24.3 Å². The minimum absolute atomic E-state index is 0.199. The van der Waals surface area contributed by atoms with Crippen molar-refractivity contribution in [3.63, 3.8) is 0 Å². The molecule has 2 rings (SSSR count). The van der Waals surface area contributed by atoms with Gasteiger partial charge in [-0.15, -0.1) is 0 Å². The quantitative estimate of drug-likeness (QED) is 0.835. The molecule has 1 aromatic rings. The summed E-state index contributed by atoms with van der Waals surface area (Å²) in [6, 6.07) is 6.62. The van der Waals surface area contributed by atoms with Crippen LogP contribution in [0, 0.1) is 5.82 Å². The van der Waals surface area contributed by atoms with Crippen LogP contribution < -0.4 is 0 Å². The molecule has 0 aliphatic carbocycles. The van der Waals surface area contributed by atoms with Crippen molar-refractivity contribution >= 4 is 6.09 Å². The number of nitrogens with zero attached hydrogens (tertiary/aromatic N) is 2. The van der Waals surface area contributed by atoms with Gasteiger partial charge in [0.2, 0.25) is 0 Å². The lowest BCUT2D eigenvalue weighted by Crippen LogP contribution is -2.49. The Kier molecular flexibility index (Phi) is 4.74. The highest BCUT2D eigenvalue weighted by molar-refractivity contribution is 5.67. The van der Waals surface area contributed by atoms with E-state index in [4.69, 9.17) is 4.74 Å². The van der Waals surface area contributed by atoms with Crippen molar-refractivity contribution in [2.75, 3.05) is 39.8 Å². The maximum absolute atomic E-state index is 12.8. The Morgan fingerprint density at radius 3 is 2.42 bits per heavy atom. The molecule has 0 saturated carbocycles. The molecule has 1 heterocycles. The first-order valence-corrected chi connectivity index (χ1v) is 6.49. The zero-order valence-corrected chi connectivity index (χ0v) is 11.1. The molecule has 0 aromatic heterocycles. The normalized spacial score (nSPS) is 16.4. The molecule has 0 atom stereocenters. The summed E-state index contributed by atoms with van der Waals surface area (Å²) in [5.74, 6) is -0.199. The van der Waals surface area contributed by atoms with E-state index in [1.54, 1.807) is 4.90 Å². The summed E-state index contributed by atoms with van der Waals surface area (Å²) >= 11 is 0. The lowest BCUT2D eigenvalue weighted by Gasteiger charge is -2.33. The van der Waals surface area contributed by atoms with E-state index in [2.05, 4.69) is 4.90 Å². The number of ether oxygens (including phenoxy) is 1. The van der Waals surface area contributed by atoms with Crippen molar-refractivity contribution < 1.29 is 13.9 Å². The fraction of sp³-hybridized carbons (Fsp3) is 0.500. The first-order chi connectivity index (χ1) is 9.19. The van der Waals surface area contributed by atoms with Crippen molar-refractivity contribution in [2.45, 2.75) is 6.42 Å². The van der Waals surface area contributed by atoms with Crippen LogP contribution in [0.5, 0.6) is 0 Å². The van der Waals surface area contributed by atoms with Crippen LogP contribution in [-0.2, 0) is 11.2 Å². The van der Waals surface area contributed by atoms with Crippen LogP contribution >= 0.6 is 0 Å². The molecule has 0 unspecified atom stereocenters. The van der Waals surface area contributed by atoms with E-state index in [9.17, 15) is 9.18 Å². The molecule has 104 valence electrons. The van der Waals surface area contributed by atoms with Crippen molar-refractivity contribution in [1.29, 1.82) is 0 Å². The zero-order valence-electron chi connectivity index (χ0n) is 11.1. The van der Waals surface area contributed by atoms with Gasteiger partial charge < -0.3 is 9.64 Å². The molecule has 1 amide bonds. The zero-order chi connectivity index (χ0) is 13.7. The number of rotatable bonds is 3. The van der Waals surface area contributed by atoms with Crippen LogP contribution in [0.4, 0.5) is 9.18 Å². The highest BCUT2D eigenvalue weighted by Crippen LogP contribution is 2.07. The Morgan fingerprint density at radius 2 is 1.84 bits per heavy atom. The standard InChI is InChI=1S/C14H19FN2O2/c1-19-14(18)17-10-8-16(9-11-17)7-6-12-2-4-13(15)5-3-12/h2-5H,6-11H2,1H3. The number of piperazine rings is 1. The van der Waals surface area contributed by atoms with Crippen LogP contribution in [0.1, 0.15) is 5.56 Å². The largest absolute Gasteiger partial charge is 0.453 e. The Morgan fingerprint density at radius 1 is 1.21 bits per heavy atom. The predicted octanol–water partition coefficient (Wildman–Crippen LogP) is 1.75. The second-order valence-electron chi connectivity index (χ2n) is 4.68. The molecule has 0 spiro atoms. The molecule has 1 aliphatic rings. The fourth-order valence-corrected chi connectivity index (χ4v) is 2.22. The Bertz CT molecular complexity index is 414. The maximum atomic E-state index is 12.8. The van der Waals surface area contributed by atoms with Crippen molar-refractivity contribution in [2.24, 2.45) is 0 Å². The maximum Gasteiger partial charge on any atom is 0.409 e. The van der Waals surface area contributed by atoms with Gasteiger partial charge in [0.15, 0.2) is 0 Å². The number of hydrogen-bond donors (Lipinski definition) is 0. The van der Waals surface area contributed by atoms with Gasteiger partial charge in [0.1, 0.15) is 5.82 Å². The van der Waals surface area contributed by atoms with Gasteiger partial charge in [0, 0.05) is 32.7 Å². The number of hydrogen-bond acceptors (Lipinski definition) is 3. The number of benzene rings is 1. The highest BCUT2D eigenvalue weighted by Gasteiger charge is 2.20. The average molecular weight is 266 g/mol. The van der Waals surface area contributed by atoms with Crippen molar-refractivity contribution in [1.82, 2.24) is 9.80 Å². The molecular formula is C14H19FN2O2. The number of carbonyl (C=O) groups is 1. The molecule has 0 radical (unpaired) electrons. The lowest BCUT2D eigenvalue weighted by molar-refractivity contribution is 0.0914. The fourth-order valence-electron chi connectivity index (χ4n) is 2.22. The summed E-state index contributed by atoms with van der Waals surface area (Å²) < 4.78 is 17.5. The summed E-state index contributed by atoms with van der Waals surface area (Å²) in [7, 11) is 1.41. The lowest BCUT2D eigenvalue weighted by atomic mass is 10.1. The molecule has 1 fully saturated rings. The smallest absolute Gasteiger partial charge is 0.409 e. The molecule has 1 saturated heterocycles. The van der Waals surface area contributed by atoms with Gasteiger partial charge >= 0.3 is 6.09 Å². The summed E-state index contributed by atoms with van der Waals surface area (Å²) in [6.45, 7) is 4.05. The van der Waals surface area contributed by atoms with Gasteiger partial charge in [0.25, 0.3) is 0 Å². The SMILES string of the molecule is COC(=O)N1CCN(CCc2ccc(F)cc2)CC1. The summed E-state index contributed by atoms with van der Waals surface area (Å²) in [6.07, 6.45) is 0.650. The molecular weight excluding hydrogens is 247 g/mol. The van der Waals surface area contributed by atoms with Gasteiger partial charge in [-0.05, 0) is 24.1 Å². The van der Waals surface area contributed by atoms with Crippen molar-refractivity contribution in [3.8, 4) is 0 Å². The van der Waals surface area contributed by atoms with Crippen LogP contribution in [-0.4, -0.2) is 55.7 Å². The van der Waals surface area contributed by atoms with Gasteiger partial charge in [0.05, 0.1) is 7.11 Å². The Hall–Kier alpha value is -1.62. The first kappa shape index (κ1) is 13.8. The van der Waals surface area contributed by atoms with E-state index in [-0.39, 0.29) is 11.9 Å². The Labute approximate surface area is 112 Å². The van der Waals surface area contributed by atoms with Crippen LogP contribution in [0.25, 0.3) is 0 Å². The van der Waals surface area contributed by atoms with Gasteiger partial charge in [-0.25, -0.2) is 9.18 Å². The van der Waals surface area contributed by atoms with Gasteiger partial charge in [-0.1, -0.05) is 12.1 Å². The van der Waals surface area contributed by atoms with Gasteiger partial charge in [-0.2, -0.15) is 0 Å². The number of amides is 1. The van der Waals surface area contributed by atoms with E-state index in [0.717, 1.165) is 31.6 Å². The molecule has 1 aliphatic heterocycles. The second kappa shape index (κ2) is 6.52. The third-order valence-electron chi connectivity index (χ3n) is 3.44. The average Bonchev–Trinajstić information content (AvgIpc) is 2.46. The highest BCUT2D eigenvalue weighted by atomic mass is 19.1. The molecule has 4 nitrogen and oxygen atoms in total. The van der Waals surface area contributed by atoms with E-state index >= 15 is 0 Å². The van der Waals surface area contributed by atoms with E-state index in [0.29, 0.717) is 13.1 Å². The van der Waals surface area contributed by atoms with Gasteiger partial charge in [-0.3, -0.25) is 4.90 Å². The first-order valence-electron chi connectivity index (χ1n) is 6.49. The third-order valence-corrected chi connectivity index (χ3v) is 3.44. The molecule has 5 heteroatoms. The van der Waals surface area contributed by atoms with E-state index < -0.39 is 0 Å². The van der Waals surface area contributed by atoms with E-state index in [1.807, 2.05) is 12.1 Å². The number of halogens is 1. The molecule has 1 aromatic carbocycles. The van der Waals surface area contributed by atoms with Crippen LogP contribution in [0.2, 0.25) is 0 Å². The molecule has 0 bridgehead atoms. The summed E-state index contributed by atoms with van der Waals surface area (Å²) in [5.41, 5.74) is 1.14. The van der Waals surface area contributed by atoms with Crippen molar-refractivity contribution in [3.05, 3.63) is 35.6 Å². The van der Waals surface area contributed by atoms with Crippen LogP contribution in [0.3, 0.4) is 0 Å². The number of methoxy groups -OCH3 is 1. The predicted molar refractivity (Wildman–Crippen MR) is 70.5 cm³/mol. The monoisotopic (exact) mass is 266 g/mol. The number of carbonyl (C=O) groups excluding carboxylic acids is 1. The third kappa shape index (κ3) is 3.92. The molecule has 19 heavy (non-hydrogen) atoms. The topological polar surface area (TPSA) is 32.8 Å². The minimum Gasteiger partial charge on any atom is -0.453 e. The second-order valence-corrected chi connectivity index (χ2v) is 4.68. The molecule has 0 N–H and O–H groups in total. The summed E-state index contributed by atoms with van der Waals surface area (Å²) in [5, 5.41) is 0.